The van der Waals surface area contributed by atoms with Crippen molar-refractivity contribution in [2.75, 3.05) is 6.54 Å². The Bertz CT molecular complexity index is 599. The van der Waals surface area contributed by atoms with E-state index in [-0.39, 0.29) is 17.8 Å². The van der Waals surface area contributed by atoms with E-state index in [4.69, 9.17) is 4.52 Å². The fourth-order valence-corrected chi connectivity index (χ4v) is 2.19. The Morgan fingerprint density at radius 3 is 3.25 bits per heavy atom. The molecule has 1 aliphatic rings. The topological polar surface area (TPSA) is 97.9 Å². The van der Waals surface area contributed by atoms with Gasteiger partial charge >= 0.3 is 0 Å². The van der Waals surface area contributed by atoms with Crippen molar-refractivity contribution in [2.24, 2.45) is 7.05 Å². The minimum Gasteiger partial charge on any atom is -0.344 e. The third-order valence-electron chi connectivity index (χ3n) is 3.36. The molecule has 8 heteroatoms. The molecule has 1 unspecified atom stereocenters. The molecule has 1 atom stereocenters. The highest BCUT2D eigenvalue weighted by Gasteiger charge is 2.24. The molecule has 1 fully saturated rings. The lowest BCUT2D eigenvalue weighted by molar-refractivity contribution is 0.0936. The molecule has 1 amide bonds. The fraction of sp³-hybridized carbons (Fsp3) is 0.500. The van der Waals surface area contributed by atoms with Crippen molar-refractivity contribution < 1.29 is 9.32 Å². The Labute approximate surface area is 115 Å². The Morgan fingerprint density at radius 2 is 2.55 bits per heavy atom. The number of hydrogen-bond donors (Lipinski definition) is 2. The molecule has 0 spiro atoms. The molecule has 20 heavy (non-hydrogen) atoms. The van der Waals surface area contributed by atoms with Crippen LogP contribution in [0.3, 0.4) is 0 Å². The second-order valence-corrected chi connectivity index (χ2v) is 4.73. The molecule has 0 aromatic carbocycles. The molecular weight excluding hydrogens is 260 g/mol. The highest BCUT2D eigenvalue weighted by Crippen LogP contribution is 2.20. The number of aromatic nitrogens is 4. The summed E-state index contributed by atoms with van der Waals surface area (Å²) in [7, 11) is 1.82. The van der Waals surface area contributed by atoms with Gasteiger partial charge in [0.25, 0.3) is 11.7 Å². The zero-order valence-electron chi connectivity index (χ0n) is 11.2. The molecule has 0 saturated carbocycles. The standard InChI is InChI=1S/C12H16N6O2/c1-18-8(4-6-15-18)7-14-11(19)10-16-12(20-17-10)9-3-2-5-13-9/h4,6,9,13H,2-3,5,7H2,1H3,(H,14,19). The monoisotopic (exact) mass is 276 g/mol. The minimum atomic E-state index is -0.348. The summed E-state index contributed by atoms with van der Waals surface area (Å²) in [6, 6.07) is 1.91. The number of nitrogens with one attached hydrogen (secondary N) is 2. The largest absolute Gasteiger partial charge is 0.344 e. The summed E-state index contributed by atoms with van der Waals surface area (Å²) >= 11 is 0. The van der Waals surface area contributed by atoms with E-state index in [0.29, 0.717) is 12.4 Å². The lowest BCUT2D eigenvalue weighted by Gasteiger charge is -2.03. The van der Waals surface area contributed by atoms with Gasteiger partial charge in [-0.1, -0.05) is 5.16 Å². The molecule has 0 radical (unpaired) electrons. The van der Waals surface area contributed by atoms with Crippen LogP contribution in [0.4, 0.5) is 0 Å². The molecule has 0 bridgehead atoms. The van der Waals surface area contributed by atoms with Crippen molar-refractivity contribution in [2.45, 2.75) is 25.4 Å². The van der Waals surface area contributed by atoms with E-state index in [0.717, 1.165) is 25.1 Å². The van der Waals surface area contributed by atoms with Crippen LogP contribution in [-0.4, -0.2) is 32.4 Å². The molecule has 3 heterocycles. The molecule has 3 rings (SSSR count). The van der Waals surface area contributed by atoms with Crippen LogP contribution < -0.4 is 10.6 Å². The van der Waals surface area contributed by atoms with Crippen molar-refractivity contribution in [1.29, 1.82) is 0 Å². The number of rotatable bonds is 4. The first-order valence-corrected chi connectivity index (χ1v) is 6.56. The lowest BCUT2D eigenvalue weighted by Crippen LogP contribution is -2.25. The van der Waals surface area contributed by atoms with Gasteiger partial charge in [0, 0.05) is 13.2 Å². The molecule has 2 aromatic heterocycles. The number of nitrogens with zero attached hydrogens (tertiary/aromatic N) is 4. The first-order chi connectivity index (χ1) is 9.74. The third kappa shape index (κ3) is 2.55. The summed E-state index contributed by atoms with van der Waals surface area (Å²) in [6.07, 6.45) is 3.72. The molecule has 1 aliphatic heterocycles. The lowest BCUT2D eigenvalue weighted by atomic mass is 10.2. The summed E-state index contributed by atoms with van der Waals surface area (Å²) in [5, 5.41) is 13.7. The van der Waals surface area contributed by atoms with Crippen LogP contribution in [0.2, 0.25) is 0 Å². The predicted octanol–water partition coefficient (Wildman–Crippen LogP) is 0.158. The molecular formula is C12H16N6O2. The van der Waals surface area contributed by atoms with Gasteiger partial charge in [0.2, 0.25) is 5.89 Å². The maximum absolute atomic E-state index is 11.9. The Hall–Kier alpha value is -2.22. The first kappa shape index (κ1) is 12.8. The van der Waals surface area contributed by atoms with Crippen LogP contribution in [0.15, 0.2) is 16.8 Å². The van der Waals surface area contributed by atoms with Crippen molar-refractivity contribution >= 4 is 5.91 Å². The zero-order chi connectivity index (χ0) is 13.9. The summed E-state index contributed by atoms with van der Waals surface area (Å²) in [5.74, 6) is 0.197. The van der Waals surface area contributed by atoms with E-state index < -0.39 is 0 Å². The first-order valence-electron chi connectivity index (χ1n) is 6.56. The minimum absolute atomic E-state index is 0.0656. The number of amides is 1. The van der Waals surface area contributed by atoms with Crippen LogP contribution in [0, 0.1) is 0 Å². The van der Waals surface area contributed by atoms with Gasteiger partial charge in [-0.25, -0.2) is 0 Å². The van der Waals surface area contributed by atoms with E-state index in [2.05, 4.69) is 25.9 Å². The molecule has 106 valence electrons. The number of aryl methyl sites for hydroxylation is 1. The van der Waals surface area contributed by atoms with Gasteiger partial charge < -0.3 is 15.2 Å². The van der Waals surface area contributed by atoms with E-state index in [1.54, 1.807) is 10.9 Å². The summed E-state index contributed by atoms with van der Waals surface area (Å²) in [6.45, 7) is 1.32. The predicted molar refractivity (Wildman–Crippen MR) is 68.7 cm³/mol. The van der Waals surface area contributed by atoms with Gasteiger partial charge in [0.05, 0.1) is 18.3 Å². The van der Waals surface area contributed by atoms with Gasteiger partial charge in [-0.3, -0.25) is 9.48 Å². The van der Waals surface area contributed by atoms with Crippen LogP contribution in [0.1, 0.15) is 41.1 Å². The molecule has 2 aromatic rings. The fourth-order valence-electron chi connectivity index (χ4n) is 2.19. The van der Waals surface area contributed by atoms with E-state index in [9.17, 15) is 4.79 Å². The van der Waals surface area contributed by atoms with Crippen LogP contribution in [0.5, 0.6) is 0 Å². The summed E-state index contributed by atoms with van der Waals surface area (Å²) in [4.78, 5) is 16.1. The molecule has 2 N–H and O–H groups in total. The van der Waals surface area contributed by atoms with Gasteiger partial charge in [0.1, 0.15) is 0 Å². The summed E-state index contributed by atoms with van der Waals surface area (Å²) < 4.78 is 6.83. The SMILES string of the molecule is Cn1nccc1CNC(=O)c1noc(C2CCCN2)n1. The summed E-state index contributed by atoms with van der Waals surface area (Å²) in [5.41, 5.74) is 0.902. The second-order valence-electron chi connectivity index (χ2n) is 4.73. The molecule has 1 saturated heterocycles. The van der Waals surface area contributed by atoms with Crippen molar-refractivity contribution in [3.05, 3.63) is 29.7 Å². The molecule has 0 aliphatic carbocycles. The number of hydrogen-bond acceptors (Lipinski definition) is 6. The average molecular weight is 276 g/mol. The second kappa shape index (κ2) is 5.41. The van der Waals surface area contributed by atoms with E-state index in [1.807, 2.05) is 13.1 Å². The van der Waals surface area contributed by atoms with E-state index in [1.165, 1.54) is 0 Å². The smallest absolute Gasteiger partial charge is 0.293 e. The van der Waals surface area contributed by atoms with E-state index >= 15 is 0 Å². The Balaban J connectivity index is 1.61. The highest BCUT2D eigenvalue weighted by atomic mass is 16.5. The van der Waals surface area contributed by atoms with Crippen LogP contribution in [0.25, 0.3) is 0 Å². The number of carbonyl (C=O) groups excluding carboxylic acids is 1. The average Bonchev–Trinajstić information content (AvgIpc) is 3.17. The normalized spacial score (nSPS) is 18.4. The zero-order valence-corrected chi connectivity index (χ0v) is 11.2. The van der Waals surface area contributed by atoms with Gasteiger partial charge in [-0.15, -0.1) is 0 Å². The number of carbonyl (C=O) groups is 1. The van der Waals surface area contributed by atoms with Crippen LogP contribution >= 0.6 is 0 Å². The van der Waals surface area contributed by atoms with Crippen molar-refractivity contribution in [3.8, 4) is 0 Å². The Morgan fingerprint density at radius 1 is 1.65 bits per heavy atom. The van der Waals surface area contributed by atoms with Crippen LogP contribution in [-0.2, 0) is 13.6 Å². The van der Waals surface area contributed by atoms with Gasteiger partial charge in [-0.05, 0) is 25.5 Å². The highest BCUT2D eigenvalue weighted by molar-refractivity contribution is 5.90. The third-order valence-corrected chi connectivity index (χ3v) is 3.36. The Kier molecular flexibility index (Phi) is 3.46. The van der Waals surface area contributed by atoms with Crippen molar-refractivity contribution in [1.82, 2.24) is 30.6 Å². The van der Waals surface area contributed by atoms with Gasteiger partial charge in [-0.2, -0.15) is 10.1 Å². The molecule has 8 nitrogen and oxygen atoms in total. The van der Waals surface area contributed by atoms with Gasteiger partial charge in [0.15, 0.2) is 0 Å². The maximum atomic E-state index is 11.9. The maximum Gasteiger partial charge on any atom is 0.293 e. The quantitative estimate of drug-likeness (QED) is 0.825. The van der Waals surface area contributed by atoms with Crippen molar-refractivity contribution in [3.63, 3.8) is 0 Å².